The Labute approximate surface area is 113 Å². The van der Waals surface area contributed by atoms with Crippen molar-refractivity contribution in [2.45, 2.75) is 52.5 Å². The predicted molar refractivity (Wildman–Crippen MR) is 69.5 cm³/mol. The molecule has 6 heteroatoms. The molecule has 0 bridgehead atoms. The van der Waals surface area contributed by atoms with Crippen LogP contribution in [-0.2, 0) is 19.1 Å². The van der Waals surface area contributed by atoms with Gasteiger partial charge >= 0.3 is 11.9 Å². The zero-order valence-corrected chi connectivity index (χ0v) is 11.8. The molecule has 1 unspecified atom stereocenters. The number of esters is 1. The second kappa shape index (κ2) is 9.35. The predicted octanol–water partition coefficient (Wildman–Crippen LogP) is 1.34. The van der Waals surface area contributed by atoms with Gasteiger partial charge in [-0.05, 0) is 19.3 Å². The fourth-order valence-electron chi connectivity index (χ4n) is 1.47. The quantitative estimate of drug-likeness (QED) is 0.618. The maximum absolute atomic E-state index is 11.6. The van der Waals surface area contributed by atoms with E-state index in [1.165, 1.54) is 0 Å². The minimum absolute atomic E-state index is 0.0194. The Morgan fingerprint density at radius 1 is 1.26 bits per heavy atom. The Balaban J connectivity index is 4.22. The highest BCUT2D eigenvalue weighted by Gasteiger charge is 2.21. The summed E-state index contributed by atoms with van der Waals surface area (Å²) in [6.07, 6.45) is 1.17. The van der Waals surface area contributed by atoms with Gasteiger partial charge in [-0.1, -0.05) is 20.3 Å². The van der Waals surface area contributed by atoms with E-state index in [4.69, 9.17) is 9.84 Å². The summed E-state index contributed by atoms with van der Waals surface area (Å²) in [6.45, 7) is 5.83. The van der Waals surface area contributed by atoms with Gasteiger partial charge in [0.25, 0.3) is 0 Å². The zero-order valence-electron chi connectivity index (χ0n) is 11.8. The molecule has 0 aliphatic carbocycles. The smallest absolute Gasteiger partial charge is 0.326 e. The van der Waals surface area contributed by atoms with Crippen LogP contribution in [0.25, 0.3) is 0 Å². The van der Waals surface area contributed by atoms with E-state index in [-0.39, 0.29) is 31.3 Å². The Morgan fingerprint density at radius 2 is 1.89 bits per heavy atom. The summed E-state index contributed by atoms with van der Waals surface area (Å²) < 4.78 is 4.71. The van der Waals surface area contributed by atoms with Gasteiger partial charge in [-0.25, -0.2) is 4.79 Å². The molecule has 19 heavy (non-hydrogen) atoms. The summed E-state index contributed by atoms with van der Waals surface area (Å²) in [5.41, 5.74) is 0. The van der Waals surface area contributed by atoms with E-state index in [1.807, 2.05) is 13.8 Å². The summed E-state index contributed by atoms with van der Waals surface area (Å²) in [6, 6.07) is -1.04. The normalized spacial score (nSPS) is 13.4. The van der Waals surface area contributed by atoms with Crippen LogP contribution >= 0.6 is 0 Å². The number of carbonyl (C=O) groups excluding carboxylic acids is 2. The Bertz CT molecular complexity index is 316. The van der Waals surface area contributed by atoms with Crippen molar-refractivity contribution >= 4 is 17.8 Å². The van der Waals surface area contributed by atoms with Crippen LogP contribution in [0.3, 0.4) is 0 Å². The molecule has 6 nitrogen and oxygen atoms in total. The van der Waals surface area contributed by atoms with Gasteiger partial charge in [0.2, 0.25) is 5.91 Å². The van der Waals surface area contributed by atoms with Crippen LogP contribution in [-0.4, -0.2) is 35.6 Å². The summed E-state index contributed by atoms with van der Waals surface area (Å²) in [5.74, 6) is -1.68. The third kappa shape index (κ3) is 8.18. The van der Waals surface area contributed by atoms with Gasteiger partial charge in [0.15, 0.2) is 0 Å². The first-order valence-corrected chi connectivity index (χ1v) is 6.58. The molecule has 0 saturated carbocycles. The molecule has 1 amide bonds. The lowest BCUT2D eigenvalue weighted by Crippen LogP contribution is -2.41. The van der Waals surface area contributed by atoms with Gasteiger partial charge in [-0.2, -0.15) is 0 Å². The average Bonchev–Trinajstić information content (AvgIpc) is 2.34. The number of aliphatic carboxylic acids is 1. The van der Waals surface area contributed by atoms with Crippen molar-refractivity contribution < 1.29 is 24.2 Å². The lowest BCUT2D eigenvalue weighted by molar-refractivity contribution is -0.145. The van der Waals surface area contributed by atoms with Gasteiger partial charge in [-0.3, -0.25) is 9.59 Å². The molecule has 0 radical (unpaired) electrons. The number of ether oxygens (including phenoxy) is 1. The fourth-order valence-corrected chi connectivity index (χ4v) is 1.47. The fraction of sp³-hybridized carbons (Fsp3) is 0.769. The van der Waals surface area contributed by atoms with Crippen LogP contribution in [0, 0.1) is 5.92 Å². The number of amides is 1. The van der Waals surface area contributed by atoms with Crippen molar-refractivity contribution in [2.75, 3.05) is 6.61 Å². The van der Waals surface area contributed by atoms with Crippen LogP contribution < -0.4 is 5.32 Å². The van der Waals surface area contributed by atoms with Crippen molar-refractivity contribution in [1.29, 1.82) is 0 Å². The number of carboxylic acid groups (broad SMARTS) is 1. The van der Waals surface area contributed by atoms with E-state index in [2.05, 4.69) is 5.32 Å². The van der Waals surface area contributed by atoms with Gasteiger partial charge in [0.1, 0.15) is 6.04 Å². The second-order valence-electron chi connectivity index (χ2n) is 4.52. The highest BCUT2D eigenvalue weighted by Crippen LogP contribution is 2.07. The van der Waals surface area contributed by atoms with Crippen molar-refractivity contribution in [3.8, 4) is 0 Å². The molecule has 0 aromatic heterocycles. The highest BCUT2D eigenvalue weighted by molar-refractivity contribution is 5.84. The zero-order chi connectivity index (χ0) is 14.8. The number of nitrogens with one attached hydrogen (secondary N) is 1. The monoisotopic (exact) mass is 273 g/mol. The maximum atomic E-state index is 11.6. The third-order valence-corrected chi connectivity index (χ3v) is 2.81. The number of hydrogen-bond donors (Lipinski definition) is 2. The summed E-state index contributed by atoms with van der Waals surface area (Å²) in [5, 5.41) is 11.4. The summed E-state index contributed by atoms with van der Waals surface area (Å²) >= 11 is 0. The first kappa shape index (κ1) is 17.4. The minimum Gasteiger partial charge on any atom is -0.480 e. The topological polar surface area (TPSA) is 92.7 Å². The van der Waals surface area contributed by atoms with E-state index in [0.717, 1.165) is 6.42 Å². The molecule has 0 saturated heterocycles. The summed E-state index contributed by atoms with van der Waals surface area (Å²) in [4.78, 5) is 33.8. The number of carboxylic acids is 1. The second-order valence-corrected chi connectivity index (χ2v) is 4.52. The van der Waals surface area contributed by atoms with E-state index < -0.39 is 18.0 Å². The first-order chi connectivity index (χ1) is 8.90. The molecule has 2 atom stereocenters. The van der Waals surface area contributed by atoms with E-state index >= 15 is 0 Å². The van der Waals surface area contributed by atoms with Crippen LogP contribution in [0.2, 0.25) is 0 Å². The first-order valence-electron chi connectivity index (χ1n) is 6.58. The molecule has 0 aliphatic rings. The van der Waals surface area contributed by atoms with Gasteiger partial charge in [-0.15, -0.1) is 0 Å². The van der Waals surface area contributed by atoms with Crippen molar-refractivity contribution in [2.24, 2.45) is 5.92 Å². The van der Waals surface area contributed by atoms with E-state index in [9.17, 15) is 14.4 Å². The SMILES string of the molecule is CCOC(=O)CC[C@H](NC(=O)CC(C)CC)C(=O)O. The molecule has 0 heterocycles. The lowest BCUT2D eigenvalue weighted by Gasteiger charge is -2.15. The molecular formula is C13H23NO5. The average molecular weight is 273 g/mol. The minimum atomic E-state index is -1.14. The molecule has 0 aromatic rings. The van der Waals surface area contributed by atoms with Crippen molar-refractivity contribution in [1.82, 2.24) is 5.32 Å². The van der Waals surface area contributed by atoms with Gasteiger partial charge in [0, 0.05) is 12.8 Å². The molecule has 2 N–H and O–H groups in total. The number of rotatable bonds is 9. The largest absolute Gasteiger partial charge is 0.480 e. The molecule has 110 valence electrons. The van der Waals surface area contributed by atoms with E-state index in [0.29, 0.717) is 6.42 Å². The van der Waals surface area contributed by atoms with Crippen LogP contribution in [0.5, 0.6) is 0 Å². The lowest BCUT2D eigenvalue weighted by atomic mass is 10.0. The molecule has 0 rings (SSSR count). The maximum Gasteiger partial charge on any atom is 0.326 e. The molecule has 0 spiro atoms. The van der Waals surface area contributed by atoms with Crippen LogP contribution in [0.1, 0.15) is 46.5 Å². The van der Waals surface area contributed by atoms with Crippen molar-refractivity contribution in [3.63, 3.8) is 0 Å². The van der Waals surface area contributed by atoms with E-state index in [1.54, 1.807) is 6.92 Å². The molecule has 0 fully saturated rings. The molecule has 0 aliphatic heterocycles. The van der Waals surface area contributed by atoms with Crippen LogP contribution in [0.4, 0.5) is 0 Å². The Hall–Kier alpha value is -1.59. The van der Waals surface area contributed by atoms with Crippen molar-refractivity contribution in [3.05, 3.63) is 0 Å². The highest BCUT2D eigenvalue weighted by atomic mass is 16.5. The Morgan fingerprint density at radius 3 is 2.37 bits per heavy atom. The number of carbonyl (C=O) groups is 3. The third-order valence-electron chi connectivity index (χ3n) is 2.81. The van der Waals surface area contributed by atoms with Gasteiger partial charge in [0.05, 0.1) is 6.61 Å². The van der Waals surface area contributed by atoms with Crippen LogP contribution in [0.15, 0.2) is 0 Å². The van der Waals surface area contributed by atoms with Gasteiger partial charge < -0.3 is 15.2 Å². The Kier molecular flexibility index (Phi) is 8.57. The molecular weight excluding hydrogens is 250 g/mol. The number of hydrogen-bond acceptors (Lipinski definition) is 4. The molecule has 0 aromatic carbocycles. The standard InChI is InChI=1S/C13H23NO5/c1-4-9(3)8-11(15)14-10(13(17)18)6-7-12(16)19-5-2/h9-10H,4-8H2,1-3H3,(H,14,15)(H,17,18)/t9?,10-/m0/s1. The summed E-state index contributed by atoms with van der Waals surface area (Å²) in [7, 11) is 0.